The number of carbonyl (C=O) groups excluding carboxylic acids is 2. The highest BCUT2D eigenvalue weighted by molar-refractivity contribution is 5.88. The minimum absolute atomic E-state index is 0.129. The van der Waals surface area contributed by atoms with E-state index in [-0.39, 0.29) is 17.3 Å². The first-order valence-corrected chi connectivity index (χ1v) is 7.27. The first kappa shape index (κ1) is 14.3. The normalized spacial score (nSPS) is 26.2. The molecule has 1 N–H and O–H groups in total. The molecule has 0 bridgehead atoms. The molecule has 1 unspecified atom stereocenters. The molecule has 0 aromatic carbocycles. The quantitative estimate of drug-likeness (QED) is 0.774. The minimum Gasteiger partial charge on any atom is -0.464 e. The summed E-state index contributed by atoms with van der Waals surface area (Å²) in [7, 11) is 0. The van der Waals surface area contributed by atoms with Crippen molar-refractivity contribution in [2.45, 2.75) is 45.6 Å². The van der Waals surface area contributed by atoms with Gasteiger partial charge in [-0.05, 0) is 19.8 Å². The number of amides is 1. The lowest BCUT2D eigenvalue weighted by Crippen LogP contribution is -2.59. The molecule has 19 heavy (non-hydrogen) atoms. The summed E-state index contributed by atoms with van der Waals surface area (Å²) in [5.41, 5.74) is -0.276. The van der Waals surface area contributed by atoms with Crippen LogP contribution in [0.5, 0.6) is 0 Å². The van der Waals surface area contributed by atoms with Crippen LogP contribution in [0.3, 0.4) is 0 Å². The molecule has 1 amide bonds. The summed E-state index contributed by atoms with van der Waals surface area (Å²) in [6.45, 7) is 6.02. The fourth-order valence-electron chi connectivity index (χ4n) is 3.11. The van der Waals surface area contributed by atoms with Gasteiger partial charge in [0.1, 0.15) is 6.04 Å². The summed E-state index contributed by atoms with van der Waals surface area (Å²) >= 11 is 0. The van der Waals surface area contributed by atoms with E-state index >= 15 is 0 Å². The number of nitrogens with zero attached hydrogens (tertiary/aromatic N) is 1. The second kappa shape index (κ2) is 5.90. The Bertz CT molecular complexity index is 351. The maximum Gasteiger partial charge on any atom is 0.330 e. The van der Waals surface area contributed by atoms with Crippen LogP contribution < -0.4 is 5.32 Å². The Morgan fingerprint density at radius 1 is 1.37 bits per heavy atom. The largest absolute Gasteiger partial charge is 0.464 e. The van der Waals surface area contributed by atoms with Crippen molar-refractivity contribution < 1.29 is 14.3 Å². The van der Waals surface area contributed by atoms with Gasteiger partial charge in [0.05, 0.1) is 6.61 Å². The smallest absolute Gasteiger partial charge is 0.330 e. The van der Waals surface area contributed by atoms with Crippen molar-refractivity contribution in [3.05, 3.63) is 0 Å². The molecule has 1 saturated carbocycles. The van der Waals surface area contributed by atoms with Crippen molar-refractivity contribution in [1.82, 2.24) is 10.2 Å². The highest BCUT2D eigenvalue weighted by Gasteiger charge is 2.43. The van der Waals surface area contributed by atoms with Gasteiger partial charge in [-0.1, -0.05) is 19.8 Å². The second-order valence-electron chi connectivity index (χ2n) is 5.74. The Hall–Kier alpha value is -1.10. The molecule has 2 fully saturated rings. The molecular weight excluding hydrogens is 244 g/mol. The summed E-state index contributed by atoms with van der Waals surface area (Å²) in [5.74, 6) is -0.158. The monoisotopic (exact) mass is 268 g/mol. The van der Waals surface area contributed by atoms with Gasteiger partial charge in [0.25, 0.3) is 0 Å². The Morgan fingerprint density at radius 2 is 2.05 bits per heavy atom. The fourth-order valence-corrected chi connectivity index (χ4v) is 3.11. The number of hydrogen-bond donors (Lipinski definition) is 1. The third kappa shape index (κ3) is 2.91. The van der Waals surface area contributed by atoms with Crippen LogP contribution in [-0.4, -0.2) is 49.1 Å². The molecule has 0 radical (unpaired) electrons. The average molecular weight is 268 g/mol. The zero-order valence-electron chi connectivity index (χ0n) is 11.9. The minimum atomic E-state index is -0.460. The van der Waals surface area contributed by atoms with E-state index in [2.05, 4.69) is 5.32 Å². The molecule has 1 heterocycles. The molecule has 5 heteroatoms. The molecule has 2 rings (SSSR count). The van der Waals surface area contributed by atoms with Gasteiger partial charge in [-0.15, -0.1) is 0 Å². The first-order valence-electron chi connectivity index (χ1n) is 7.27. The van der Waals surface area contributed by atoms with Crippen molar-refractivity contribution in [2.24, 2.45) is 5.41 Å². The maximum absolute atomic E-state index is 12.7. The zero-order chi connectivity index (χ0) is 13.9. The van der Waals surface area contributed by atoms with Crippen molar-refractivity contribution in [3.63, 3.8) is 0 Å². The summed E-state index contributed by atoms with van der Waals surface area (Å²) in [6, 6.07) is -0.460. The average Bonchev–Trinajstić information content (AvgIpc) is 2.86. The molecule has 0 aromatic rings. The lowest BCUT2D eigenvalue weighted by molar-refractivity contribution is -0.159. The Balaban J connectivity index is 2.10. The zero-order valence-corrected chi connectivity index (χ0v) is 11.9. The van der Waals surface area contributed by atoms with Crippen LogP contribution in [0.2, 0.25) is 0 Å². The van der Waals surface area contributed by atoms with Crippen LogP contribution in [0.4, 0.5) is 0 Å². The molecule has 5 nitrogen and oxygen atoms in total. The van der Waals surface area contributed by atoms with Gasteiger partial charge in [0.15, 0.2) is 0 Å². The van der Waals surface area contributed by atoms with Crippen LogP contribution in [0.25, 0.3) is 0 Å². The van der Waals surface area contributed by atoms with Crippen LogP contribution in [-0.2, 0) is 14.3 Å². The second-order valence-corrected chi connectivity index (χ2v) is 5.74. The number of hydrogen-bond acceptors (Lipinski definition) is 4. The molecule has 1 aliphatic carbocycles. The van der Waals surface area contributed by atoms with Gasteiger partial charge in [0.2, 0.25) is 5.91 Å². The molecule has 108 valence electrons. The standard InChI is InChI=1S/C14H24N2O3/c1-3-19-12(17)11-10-15-8-9-16(11)13(18)14(2)6-4-5-7-14/h11,15H,3-10H2,1-2H3. The molecule has 1 atom stereocenters. The Labute approximate surface area is 114 Å². The number of nitrogens with one attached hydrogen (secondary N) is 1. The molecular formula is C14H24N2O3. The van der Waals surface area contributed by atoms with E-state index in [1.807, 2.05) is 6.92 Å². The van der Waals surface area contributed by atoms with E-state index in [1.165, 1.54) is 0 Å². The van der Waals surface area contributed by atoms with E-state index in [0.717, 1.165) is 32.2 Å². The van der Waals surface area contributed by atoms with E-state index < -0.39 is 6.04 Å². The first-order chi connectivity index (χ1) is 9.08. The van der Waals surface area contributed by atoms with Crippen LogP contribution in [0, 0.1) is 5.41 Å². The summed E-state index contributed by atoms with van der Waals surface area (Å²) in [6.07, 6.45) is 4.09. The van der Waals surface area contributed by atoms with Crippen LogP contribution in [0.1, 0.15) is 39.5 Å². The van der Waals surface area contributed by atoms with Gasteiger partial charge in [-0.25, -0.2) is 4.79 Å². The highest BCUT2D eigenvalue weighted by atomic mass is 16.5. The Morgan fingerprint density at radius 3 is 2.68 bits per heavy atom. The molecule has 0 aromatic heterocycles. The summed E-state index contributed by atoms with van der Waals surface area (Å²) in [5, 5.41) is 3.17. The third-order valence-corrected chi connectivity index (χ3v) is 4.29. The number of esters is 1. The van der Waals surface area contributed by atoms with Crippen LogP contribution >= 0.6 is 0 Å². The van der Waals surface area contributed by atoms with Crippen molar-refractivity contribution >= 4 is 11.9 Å². The predicted molar refractivity (Wildman–Crippen MR) is 71.6 cm³/mol. The van der Waals surface area contributed by atoms with Gasteiger partial charge in [-0.3, -0.25) is 4.79 Å². The van der Waals surface area contributed by atoms with E-state index in [0.29, 0.717) is 19.7 Å². The maximum atomic E-state index is 12.7. The molecule has 1 aliphatic heterocycles. The number of rotatable bonds is 3. The van der Waals surface area contributed by atoms with Gasteiger partial charge < -0.3 is 15.0 Å². The molecule has 1 saturated heterocycles. The van der Waals surface area contributed by atoms with E-state index in [9.17, 15) is 9.59 Å². The molecule has 2 aliphatic rings. The summed E-state index contributed by atoms with van der Waals surface area (Å²) < 4.78 is 5.08. The lowest BCUT2D eigenvalue weighted by Gasteiger charge is -2.39. The highest BCUT2D eigenvalue weighted by Crippen LogP contribution is 2.39. The number of ether oxygens (including phenoxy) is 1. The van der Waals surface area contributed by atoms with E-state index in [1.54, 1.807) is 11.8 Å². The predicted octanol–water partition coefficient (Wildman–Crippen LogP) is 0.930. The lowest BCUT2D eigenvalue weighted by atomic mass is 9.86. The van der Waals surface area contributed by atoms with Gasteiger partial charge >= 0.3 is 5.97 Å². The van der Waals surface area contributed by atoms with Gasteiger partial charge in [-0.2, -0.15) is 0 Å². The Kier molecular flexibility index (Phi) is 4.45. The third-order valence-electron chi connectivity index (χ3n) is 4.29. The van der Waals surface area contributed by atoms with E-state index in [4.69, 9.17) is 4.74 Å². The van der Waals surface area contributed by atoms with Gasteiger partial charge in [0, 0.05) is 25.0 Å². The number of carbonyl (C=O) groups is 2. The number of piperazine rings is 1. The van der Waals surface area contributed by atoms with Crippen LogP contribution in [0.15, 0.2) is 0 Å². The van der Waals surface area contributed by atoms with Crippen molar-refractivity contribution in [1.29, 1.82) is 0 Å². The van der Waals surface area contributed by atoms with Crippen molar-refractivity contribution in [3.8, 4) is 0 Å². The van der Waals surface area contributed by atoms with Crippen molar-refractivity contribution in [2.75, 3.05) is 26.2 Å². The molecule has 0 spiro atoms. The fraction of sp³-hybridized carbons (Fsp3) is 0.857. The summed E-state index contributed by atoms with van der Waals surface area (Å²) in [4.78, 5) is 26.4. The SMILES string of the molecule is CCOC(=O)C1CNCCN1C(=O)C1(C)CCCC1. The topological polar surface area (TPSA) is 58.6 Å².